The van der Waals surface area contributed by atoms with Crippen LogP contribution in [0, 0.1) is 10.1 Å². The summed E-state index contributed by atoms with van der Waals surface area (Å²) in [5, 5.41) is 11.6. The first-order chi connectivity index (χ1) is 16.2. The monoisotopic (exact) mass is 469 g/mol. The van der Waals surface area contributed by atoms with Crippen molar-refractivity contribution in [1.82, 2.24) is 9.80 Å². The van der Waals surface area contributed by atoms with Gasteiger partial charge in [0.2, 0.25) is 0 Å². The van der Waals surface area contributed by atoms with Crippen molar-refractivity contribution in [3.63, 3.8) is 0 Å². The number of hydrogen-bond acceptors (Lipinski definition) is 4. The van der Waals surface area contributed by atoms with Crippen molar-refractivity contribution in [2.45, 2.75) is 12.7 Å². The van der Waals surface area contributed by atoms with E-state index < -0.39 is 22.6 Å². The molecule has 3 aromatic carbocycles. The lowest BCUT2D eigenvalue weighted by Crippen LogP contribution is -2.48. The molecule has 9 heteroatoms. The number of carbonyl (C=O) groups excluding carboxylic acids is 1. The maximum atomic E-state index is 13.2. The number of nitrogens with zero attached hydrogens (tertiary/aromatic N) is 3. The molecule has 34 heavy (non-hydrogen) atoms. The maximum Gasteiger partial charge on any atom is 0.416 e. The molecule has 1 heterocycles. The van der Waals surface area contributed by atoms with Crippen LogP contribution in [0.2, 0.25) is 0 Å². The molecule has 176 valence electrons. The number of hydrogen-bond donors (Lipinski definition) is 0. The Labute approximate surface area is 194 Å². The molecule has 1 fully saturated rings. The Morgan fingerprint density at radius 1 is 0.882 bits per heavy atom. The first-order valence-corrected chi connectivity index (χ1v) is 10.7. The molecule has 1 amide bonds. The van der Waals surface area contributed by atoms with Crippen LogP contribution in [0.5, 0.6) is 0 Å². The van der Waals surface area contributed by atoms with Gasteiger partial charge in [-0.05, 0) is 34.9 Å². The minimum atomic E-state index is -4.40. The summed E-state index contributed by atoms with van der Waals surface area (Å²) in [6.07, 6.45) is -4.40. The minimum absolute atomic E-state index is 0.0256. The Bertz CT molecular complexity index is 1190. The molecule has 1 aliphatic heterocycles. The maximum absolute atomic E-state index is 13.2. The van der Waals surface area contributed by atoms with Crippen molar-refractivity contribution in [2.24, 2.45) is 0 Å². The molecule has 3 aromatic rings. The van der Waals surface area contributed by atoms with Crippen LogP contribution < -0.4 is 0 Å². The van der Waals surface area contributed by atoms with Gasteiger partial charge in [0.15, 0.2) is 0 Å². The molecular formula is C25H22F3N3O3. The third-order valence-electron chi connectivity index (χ3n) is 5.85. The molecular weight excluding hydrogens is 447 g/mol. The molecule has 0 spiro atoms. The van der Waals surface area contributed by atoms with E-state index in [0.29, 0.717) is 43.9 Å². The van der Waals surface area contributed by atoms with E-state index in [1.807, 2.05) is 35.2 Å². The fraction of sp³-hybridized carbons (Fsp3) is 0.240. The van der Waals surface area contributed by atoms with Gasteiger partial charge in [0.25, 0.3) is 11.6 Å². The number of carbonyl (C=O) groups is 1. The van der Waals surface area contributed by atoms with Crippen molar-refractivity contribution >= 4 is 11.6 Å². The van der Waals surface area contributed by atoms with Crippen molar-refractivity contribution in [3.8, 4) is 11.1 Å². The van der Waals surface area contributed by atoms with Gasteiger partial charge < -0.3 is 4.90 Å². The topological polar surface area (TPSA) is 66.7 Å². The van der Waals surface area contributed by atoms with Gasteiger partial charge in [0.05, 0.1) is 10.5 Å². The Balaban J connectivity index is 1.47. The Kier molecular flexibility index (Phi) is 6.65. The first-order valence-electron chi connectivity index (χ1n) is 10.7. The average molecular weight is 469 g/mol. The third kappa shape index (κ3) is 5.26. The number of nitro benzene ring substituents is 1. The summed E-state index contributed by atoms with van der Waals surface area (Å²) in [4.78, 5) is 27.7. The predicted molar refractivity (Wildman–Crippen MR) is 121 cm³/mol. The summed E-state index contributed by atoms with van der Waals surface area (Å²) in [6.45, 7) is 1.88. The molecule has 0 atom stereocenters. The largest absolute Gasteiger partial charge is 0.416 e. The quantitative estimate of drug-likeness (QED) is 0.379. The van der Waals surface area contributed by atoms with E-state index in [4.69, 9.17) is 0 Å². The van der Waals surface area contributed by atoms with E-state index >= 15 is 0 Å². The summed E-state index contributed by atoms with van der Waals surface area (Å²) in [6, 6.07) is 19.0. The third-order valence-corrected chi connectivity index (χ3v) is 5.85. The van der Waals surface area contributed by atoms with Crippen LogP contribution in [0.1, 0.15) is 21.5 Å². The van der Waals surface area contributed by atoms with E-state index in [2.05, 4.69) is 0 Å². The lowest BCUT2D eigenvalue weighted by atomic mass is 10.0. The number of piperazine rings is 1. The Morgan fingerprint density at radius 3 is 2.24 bits per heavy atom. The highest BCUT2D eigenvalue weighted by Gasteiger charge is 2.31. The van der Waals surface area contributed by atoms with Crippen LogP contribution in [0.4, 0.5) is 18.9 Å². The zero-order valence-corrected chi connectivity index (χ0v) is 18.2. The lowest BCUT2D eigenvalue weighted by Gasteiger charge is -2.34. The van der Waals surface area contributed by atoms with Crippen LogP contribution in [0.3, 0.4) is 0 Å². The number of nitro groups is 1. The van der Waals surface area contributed by atoms with Crippen LogP contribution >= 0.6 is 0 Å². The van der Waals surface area contributed by atoms with Crippen LogP contribution in [0.15, 0.2) is 72.8 Å². The molecule has 1 aliphatic rings. The normalized spacial score (nSPS) is 14.7. The molecule has 0 bridgehead atoms. The van der Waals surface area contributed by atoms with Crippen molar-refractivity contribution < 1.29 is 22.9 Å². The summed E-state index contributed by atoms with van der Waals surface area (Å²) in [7, 11) is 0. The summed E-state index contributed by atoms with van der Waals surface area (Å²) in [5.74, 6) is -0.428. The van der Waals surface area contributed by atoms with E-state index in [0.717, 1.165) is 17.7 Å². The second-order valence-corrected chi connectivity index (χ2v) is 8.12. The van der Waals surface area contributed by atoms with Gasteiger partial charge in [0.1, 0.15) is 5.56 Å². The standard InChI is InChI=1S/C25H22F3N3O3/c26-25(27,28)21-8-4-5-18(15-21)17-29-11-13-30(14-12-29)24(32)22-16-20(9-10-23(22)31(33)34)19-6-2-1-3-7-19/h1-10,15-16H,11-14,17H2. The smallest absolute Gasteiger partial charge is 0.336 e. The van der Waals surface area contributed by atoms with E-state index in [-0.39, 0.29) is 11.3 Å². The fourth-order valence-electron chi connectivity index (χ4n) is 4.06. The molecule has 6 nitrogen and oxygen atoms in total. The molecule has 0 N–H and O–H groups in total. The zero-order chi connectivity index (χ0) is 24.3. The second kappa shape index (κ2) is 9.64. The summed E-state index contributed by atoms with van der Waals surface area (Å²) < 4.78 is 38.9. The van der Waals surface area contributed by atoms with Gasteiger partial charge in [-0.3, -0.25) is 19.8 Å². The van der Waals surface area contributed by atoms with Crippen molar-refractivity contribution in [1.29, 1.82) is 0 Å². The molecule has 4 rings (SSSR count). The molecule has 0 saturated carbocycles. The predicted octanol–water partition coefficient (Wildman–Crippen LogP) is 5.24. The summed E-state index contributed by atoms with van der Waals surface area (Å²) >= 11 is 0. The number of rotatable bonds is 5. The fourth-order valence-corrected chi connectivity index (χ4v) is 4.06. The number of amides is 1. The molecule has 0 radical (unpaired) electrons. The Morgan fingerprint density at radius 2 is 1.59 bits per heavy atom. The molecule has 0 aliphatic carbocycles. The van der Waals surface area contributed by atoms with Gasteiger partial charge in [-0.25, -0.2) is 0 Å². The summed E-state index contributed by atoms with van der Waals surface area (Å²) in [5.41, 5.74) is 1.18. The highest BCUT2D eigenvalue weighted by atomic mass is 19.4. The second-order valence-electron chi connectivity index (χ2n) is 8.12. The highest BCUT2D eigenvalue weighted by Crippen LogP contribution is 2.30. The lowest BCUT2D eigenvalue weighted by molar-refractivity contribution is -0.385. The zero-order valence-electron chi connectivity index (χ0n) is 18.2. The first kappa shape index (κ1) is 23.4. The number of alkyl halides is 3. The molecule has 1 saturated heterocycles. The van der Waals surface area contributed by atoms with Gasteiger partial charge in [-0.2, -0.15) is 13.2 Å². The SMILES string of the molecule is O=C(c1cc(-c2ccccc2)ccc1[N+](=O)[O-])N1CCN(Cc2cccc(C(F)(F)F)c2)CC1. The van der Waals surface area contributed by atoms with Gasteiger partial charge in [-0.1, -0.05) is 48.5 Å². The van der Waals surface area contributed by atoms with Gasteiger partial charge in [0, 0.05) is 38.8 Å². The van der Waals surface area contributed by atoms with Crippen LogP contribution in [0.25, 0.3) is 11.1 Å². The minimum Gasteiger partial charge on any atom is -0.336 e. The van der Waals surface area contributed by atoms with E-state index in [9.17, 15) is 28.1 Å². The van der Waals surface area contributed by atoms with Crippen LogP contribution in [-0.4, -0.2) is 46.8 Å². The molecule has 0 unspecified atom stereocenters. The van der Waals surface area contributed by atoms with E-state index in [1.165, 1.54) is 12.1 Å². The average Bonchev–Trinajstić information content (AvgIpc) is 2.84. The van der Waals surface area contributed by atoms with Gasteiger partial charge in [-0.15, -0.1) is 0 Å². The van der Waals surface area contributed by atoms with Crippen molar-refractivity contribution in [2.75, 3.05) is 26.2 Å². The van der Waals surface area contributed by atoms with Crippen LogP contribution in [-0.2, 0) is 12.7 Å². The number of benzene rings is 3. The van der Waals surface area contributed by atoms with E-state index in [1.54, 1.807) is 23.1 Å². The van der Waals surface area contributed by atoms with Crippen molar-refractivity contribution in [3.05, 3.63) is 99.6 Å². The highest BCUT2D eigenvalue weighted by molar-refractivity contribution is 5.99. The van der Waals surface area contributed by atoms with Gasteiger partial charge >= 0.3 is 6.18 Å². The molecule has 0 aromatic heterocycles. The Hall–Kier alpha value is -3.72. The number of halogens is 3.